The van der Waals surface area contributed by atoms with E-state index in [1.807, 2.05) is 6.92 Å². The molecule has 0 rings (SSSR count). The zero-order valence-electron chi connectivity index (χ0n) is 10.9. The van der Waals surface area contributed by atoms with Crippen LogP contribution in [0.2, 0.25) is 0 Å². The van der Waals surface area contributed by atoms with Crippen molar-refractivity contribution in [3.05, 3.63) is 0 Å². The maximum atomic E-state index is 5.46. The van der Waals surface area contributed by atoms with Gasteiger partial charge >= 0.3 is 0 Å². The lowest BCUT2D eigenvalue weighted by Crippen LogP contribution is -2.14. The van der Waals surface area contributed by atoms with Gasteiger partial charge in [0, 0.05) is 6.61 Å². The average Bonchev–Trinajstić information content (AvgIpc) is 2.31. The first-order chi connectivity index (χ1) is 7.81. The van der Waals surface area contributed by atoms with Crippen molar-refractivity contribution in [2.45, 2.75) is 33.3 Å². The minimum Gasteiger partial charge on any atom is -0.379 e. The molecule has 0 amide bonds. The minimum absolute atomic E-state index is 0.325. The van der Waals surface area contributed by atoms with Crippen LogP contribution in [0.25, 0.3) is 0 Å². The third-order valence-electron chi connectivity index (χ3n) is 2.15. The van der Waals surface area contributed by atoms with Crippen LogP contribution in [0.3, 0.4) is 0 Å². The first-order valence-corrected chi connectivity index (χ1v) is 6.16. The monoisotopic (exact) mass is 234 g/mol. The molecule has 4 nitrogen and oxygen atoms in total. The molecule has 0 fully saturated rings. The van der Waals surface area contributed by atoms with Crippen molar-refractivity contribution < 1.29 is 18.9 Å². The smallest absolute Gasteiger partial charge is 0.0704 e. The lowest BCUT2D eigenvalue weighted by atomic mass is 10.3. The third kappa shape index (κ3) is 11.9. The second kappa shape index (κ2) is 12.9. The van der Waals surface area contributed by atoms with E-state index in [9.17, 15) is 0 Å². The van der Waals surface area contributed by atoms with Crippen LogP contribution in [0.4, 0.5) is 0 Å². The standard InChI is InChI=1S/C12H26O4/c1-4-12(3)16-11-10-15-9-8-14-7-6-13-5-2/h12H,4-11H2,1-3H3. The summed E-state index contributed by atoms with van der Waals surface area (Å²) in [6.45, 7) is 10.7. The fourth-order valence-corrected chi connectivity index (χ4v) is 1.01. The van der Waals surface area contributed by atoms with E-state index in [1.165, 1.54) is 0 Å². The minimum atomic E-state index is 0.325. The highest BCUT2D eigenvalue weighted by Crippen LogP contribution is 1.94. The van der Waals surface area contributed by atoms with Gasteiger partial charge < -0.3 is 18.9 Å². The predicted octanol–water partition coefficient (Wildman–Crippen LogP) is 1.87. The van der Waals surface area contributed by atoms with E-state index in [-0.39, 0.29) is 0 Å². The van der Waals surface area contributed by atoms with Gasteiger partial charge in [-0.05, 0) is 20.3 Å². The van der Waals surface area contributed by atoms with Gasteiger partial charge in [0.05, 0.1) is 45.7 Å². The van der Waals surface area contributed by atoms with Crippen molar-refractivity contribution in [1.82, 2.24) is 0 Å². The summed E-state index contributed by atoms with van der Waals surface area (Å²) in [5, 5.41) is 0. The molecule has 4 heteroatoms. The Morgan fingerprint density at radius 2 is 1.25 bits per heavy atom. The van der Waals surface area contributed by atoms with Crippen LogP contribution in [0.15, 0.2) is 0 Å². The van der Waals surface area contributed by atoms with Gasteiger partial charge in [-0.15, -0.1) is 0 Å². The molecule has 0 aliphatic heterocycles. The molecule has 0 aliphatic carbocycles. The molecule has 16 heavy (non-hydrogen) atoms. The first kappa shape index (κ1) is 15.8. The molecule has 0 saturated heterocycles. The lowest BCUT2D eigenvalue weighted by molar-refractivity contribution is -0.0147. The van der Waals surface area contributed by atoms with Crippen LogP contribution in [0.5, 0.6) is 0 Å². The Kier molecular flexibility index (Phi) is 12.8. The van der Waals surface area contributed by atoms with Crippen LogP contribution >= 0.6 is 0 Å². The van der Waals surface area contributed by atoms with Gasteiger partial charge in [0.15, 0.2) is 0 Å². The summed E-state index contributed by atoms with van der Waals surface area (Å²) in [5.41, 5.74) is 0. The van der Waals surface area contributed by atoms with Crippen molar-refractivity contribution >= 4 is 0 Å². The Morgan fingerprint density at radius 1 is 0.750 bits per heavy atom. The van der Waals surface area contributed by atoms with Gasteiger partial charge in [0.2, 0.25) is 0 Å². The molecule has 0 aromatic heterocycles. The molecule has 1 unspecified atom stereocenters. The maximum Gasteiger partial charge on any atom is 0.0704 e. The summed E-state index contributed by atoms with van der Waals surface area (Å²) in [7, 11) is 0. The lowest BCUT2D eigenvalue weighted by Gasteiger charge is -2.10. The SMILES string of the molecule is CCOCCOCCOCCOC(C)CC. The number of hydrogen-bond acceptors (Lipinski definition) is 4. The summed E-state index contributed by atoms with van der Waals surface area (Å²) in [4.78, 5) is 0. The Bertz CT molecular complexity index is 130. The second-order valence-electron chi connectivity index (χ2n) is 3.51. The molecule has 98 valence electrons. The molecule has 0 aromatic carbocycles. The number of hydrogen-bond donors (Lipinski definition) is 0. The molecule has 0 saturated carbocycles. The normalized spacial score (nSPS) is 12.9. The van der Waals surface area contributed by atoms with E-state index in [1.54, 1.807) is 0 Å². The number of ether oxygens (including phenoxy) is 4. The second-order valence-corrected chi connectivity index (χ2v) is 3.51. The molecule has 0 N–H and O–H groups in total. The summed E-state index contributed by atoms with van der Waals surface area (Å²) in [6.07, 6.45) is 1.37. The quantitative estimate of drug-likeness (QED) is 0.483. The van der Waals surface area contributed by atoms with Crippen molar-refractivity contribution in [1.29, 1.82) is 0 Å². The Labute approximate surface area is 99.2 Å². The molecule has 0 heterocycles. The highest BCUT2D eigenvalue weighted by atomic mass is 16.6. The Morgan fingerprint density at radius 3 is 1.75 bits per heavy atom. The van der Waals surface area contributed by atoms with Crippen molar-refractivity contribution in [2.24, 2.45) is 0 Å². The van der Waals surface area contributed by atoms with Gasteiger partial charge in [0.25, 0.3) is 0 Å². The molecular formula is C12H26O4. The predicted molar refractivity (Wildman–Crippen MR) is 63.8 cm³/mol. The fourth-order valence-electron chi connectivity index (χ4n) is 1.01. The van der Waals surface area contributed by atoms with E-state index < -0.39 is 0 Å². The van der Waals surface area contributed by atoms with E-state index in [2.05, 4.69) is 13.8 Å². The number of rotatable bonds is 12. The van der Waals surface area contributed by atoms with E-state index in [0.717, 1.165) is 13.0 Å². The zero-order chi connectivity index (χ0) is 12.1. The highest BCUT2D eigenvalue weighted by Gasteiger charge is 1.97. The van der Waals surface area contributed by atoms with E-state index >= 15 is 0 Å². The van der Waals surface area contributed by atoms with Gasteiger partial charge in [-0.1, -0.05) is 6.92 Å². The Hall–Kier alpha value is -0.160. The summed E-state index contributed by atoms with van der Waals surface area (Å²) in [5.74, 6) is 0. The molecule has 0 radical (unpaired) electrons. The summed E-state index contributed by atoms with van der Waals surface area (Å²) >= 11 is 0. The van der Waals surface area contributed by atoms with E-state index in [4.69, 9.17) is 18.9 Å². The molecule has 0 aliphatic rings. The van der Waals surface area contributed by atoms with Gasteiger partial charge in [-0.2, -0.15) is 0 Å². The maximum absolute atomic E-state index is 5.46. The molecule has 1 atom stereocenters. The summed E-state index contributed by atoms with van der Waals surface area (Å²) in [6, 6.07) is 0. The highest BCUT2D eigenvalue weighted by molar-refractivity contribution is 4.43. The van der Waals surface area contributed by atoms with Crippen LogP contribution in [0, 0.1) is 0 Å². The largest absolute Gasteiger partial charge is 0.379 e. The van der Waals surface area contributed by atoms with Crippen molar-refractivity contribution in [3.63, 3.8) is 0 Å². The fraction of sp³-hybridized carbons (Fsp3) is 1.00. The van der Waals surface area contributed by atoms with Gasteiger partial charge in [0.1, 0.15) is 0 Å². The van der Waals surface area contributed by atoms with Crippen molar-refractivity contribution in [3.8, 4) is 0 Å². The molecule has 0 spiro atoms. The van der Waals surface area contributed by atoms with Crippen LogP contribution in [0.1, 0.15) is 27.2 Å². The zero-order valence-corrected chi connectivity index (χ0v) is 10.9. The molecule has 0 bridgehead atoms. The van der Waals surface area contributed by atoms with E-state index in [0.29, 0.717) is 45.7 Å². The van der Waals surface area contributed by atoms with Gasteiger partial charge in [-0.25, -0.2) is 0 Å². The summed E-state index contributed by atoms with van der Waals surface area (Å²) < 4.78 is 21.2. The Balaban J connectivity index is 2.93. The average molecular weight is 234 g/mol. The van der Waals surface area contributed by atoms with Crippen molar-refractivity contribution in [2.75, 3.05) is 46.2 Å². The van der Waals surface area contributed by atoms with Crippen LogP contribution in [-0.2, 0) is 18.9 Å². The van der Waals surface area contributed by atoms with Crippen LogP contribution < -0.4 is 0 Å². The third-order valence-corrected chi connectivity index (χ3v) is 2.15. The topological polar surface area (TPSA) is 36.9 Å². The van der Waals surface area contributed by atoms with Crippen LogP contribution in [-0.4, -0.2) is 52.4 Å². The molecule has 0 aromatic rings. The molecular weight excluding hydrogens is 208 g/mol. The van der Waals surface area contributed by atoms with Gasteiger partial charge in [-0.3, -0.25) is 0 Å². The first-order valence-electron chi connectivity index (χ1n) is 6.16.